The summed E-state index contributed by atoms with van der Waals surface area (Å²) in [4.78, 5) is 4.32. The Hall–Kier alpha value is -1.95. The molecule has 1 aromatic heterocycles. The molecule has 1 aromatic carbocycles. The number of halogens is 1. The molecule has 0 spiro atoms. The summed E-state index contributed by atoms with van der Waals surface area (Å²) in [6.45, 7) is 3.93. The van der Waals surface area contributed by atoms with Crippen LogP contribution in [0.1, 0.15) is 32.6 Å². The van der Waals surface area contributed by atoms with Gasteiger partial charge >= 0.3 is 0 Å². The van der Waals surface area contributed by atoms with Gasteiger partial charge in [-0.25, -0.2) is 4.39 Å². The third-order valence-corrected chi connectivity index (χ3v) is 3.52. The Morgan fingerprint density at radius 3 is 2.65 bits per heavy atom. The van der Waals surface area contributed by atoms with Crippen LogP contribution in [0, 0.1) is 5.82 Å². The predicted molar refractivity (Wildman–Crippen MR) is 72.7 cm³/mol. The van der Waals surface area contributed by atoms with Gasteiger partial charge in [-0.2, -0.15) is 4.98 Å². The maximum Gasteiger partial charge on any atom is 0.247 e. The lowest BCUT2D eigenvalue weighted by molar-refractivity contribution is 0.268. The van der Waals surface area contributed by atoms with E-state index >= 15 is 0 Å². The Labute approximate surface area is 116 Å². The average Bonchev–Trinajstić information content (AvgIpc) is 2.97. The highest BCUT2D eigenvalue weighted by Gasteiger charge is 2.30. The monoisotopic (exact) mass is 279 g/mol. The van der Waals surface area contributed by atoms with Crippen LogP contribution in [0.25, 0.3) is 11.4 Å². The predicted octanol–water partition coefficient (Wildman–Crippen LogP) is 2.86. The fraction of sp³-hybridized carbons (Fsp3) is 0.429. The second-order valence-corrected chi connectivity index (χ2v) is 4.64. The van der Waals surface area contributed by atoms with Crippen molar-refractivity contribution >= 4 is 0 Å². The third kappa shape index (κ3) is 2.51. The van der Waals surface area contributed by atoms with Crippen LogP contribution in [0.15, 0.2) is 22.7 Å². The van der Waals surface area contributed by atoms with Crippen LogP contribution in [-0.4, -0.2) is 17.3 Å². The van der Waals surface area contributed by atoms with Crippen molar-refractivity contribution in [3.8, 4) is 17.1 Å². The maximum absolute atomic E-state index is 13.4. The van der Waals surface area contributed by atoms with Gasteiger partial charge in [-0.3, -0.25) is 0 Å². The number of ether oxygens (including phenoxy) is 1. The molecule has 2 rings (SSSR count). The quantitative estimate of drug-likeness (QED) is 0.911. The molecule has 0 radical (unpaired) electrons. The minimum atomic E-state index is -0.630. The summed E-state index contributed by atoms with van der Waals surface area (Å²) >= 11 is 0. The molecule has 0 fully saturated rings. The molecular weight excluding hydrogens is 261 g/mol. The van der Waals surface area contributed by atoms with Crippen LogP contribution < -0.4 is 10.5 Å². The Morgan fingerprint density at radius 1 is 1.35 bits per heavy atom. The molecule has 0 bridgehead atoms. The number of nitrogens with zero attached hydrogens (tertiary/aromatic N) is 2. The number of hydrogen-bond donors (Lipinski definition) is 1. The lowest BCUT2D eigenvalue weighted by Crippen LogP contribution is -2.35. The van der Waals surface area contributed by atoms with Gasteiger partial charge in [-0.05, 0) is 31.0 Å². The van der Waals surface area contributed by atoms with Crippen molar-refractivity contribution in [2.24, 2.45) is 5.73 Å². The standard InChI is InChI=1S/C14H18FN3O2/c1-4-14(16,5-2)13-17-12(18-20-13)9-6-7-10(15)11(8-9)19-3/h6-8H,4-5,16H2,1-3H3. The number of benzene rings is 1. The van der Waals surface area contributed by atoms with Crippen molar-refractivity contribution in [3.63, 3.8) is 0 Å². The molecule has 1 heterocycles. The van der Waals surface area contributed by atoms with Gasteiger partial charge in [0.25, 0.3) is 0 Å². The first kappa shape index (κ1) is 14.5. The third-order valence-electron chi connectivity index (χ3n) is 3.52. The Bertz CT molecular complexity index is 594. The molecule has 5 nitrogen and oxygen atoms in total. The first-order valence-electron chi connectivity index (χ1n) is 6.51. The van der Waals surface area contributed by atoms with Gasteiger partial charge in [0.1, 0.15) is 0 Å². The summed E-state index contributed by atoms with van der Waals surface area (Å²) in [5, 5.41) is 3.91. The van der Waals surface area contributed by atoms with Crippen LogP contribution in [0.4, 0.5) is 4.39 Å². The fourth-order valence-corrected chi connectivity index (χ4v) is 1.89. The highest BCUT2D eigenvalue weighted by Crippen LogP contribution is 2.28. The molecule has 0 atom stereocenters. The van der Waals surface area contributed by atoms with Crippen LogP contribution in [0.3, 0.4) is 0 Å². The molecule has 20 heavy (non-hydrogen) atoms. The smallest absolute Gasteiger partial charge is 0.247 e. The largest absolute Gasteiger partial charge is 0.494 e. The lowest BCUT2D eigenvalue weighted by Gasteiger charge is -2.20. The summed E-state index contributed by atoms with van der Waals surface area (Å²) in [6.07, 6.45) is 1.38. The van der Waals surface area contributed by atoms with E-state index in [1.54, 1.807) is 6.07 Å². The first-order valence-corrected chi connectivity index (χ1v) is 6.51. The van der Waals surface area contributed by atoms with E-state index in [4.69, 9.17) is 15.0 Å². The minimum Gasteiger partial charge on any atom is -0.494 e. The number of nitrogens with two attached hydrogens (primary N) is 1. The lowest BCUT2D eigenvalue weighted by atomic mass is 9.94. The van der Waals surface area contributed by atoms with Crippen LogP contribution in [0.5, 0.6) is 5.75 Å². The summed E-state index contributed by atoms with van der Waals surface area (Å²) < 4.78 is 23.6. The number of aromatic nitrogens is 2. The zero-order valence-electron chi connectivity index (χ0n) is 11.8. The summed E-state index contributed by atoms with van der Waals surface area (Å²) in [7, 11) is 1.41. The molecule has 0 unspecified atom stereocenters. The molecule has 0 aliphatic carbocycles. The second-order valence-electron chi connectivity index (χ2n) is 4.64. The van der Waals surface area contributed by atoms with Crippen LogP contribution >= 0.6 is 0 Å². The maximum atomic E-state index is 13.4. The molecule has 0 saturated heterocycles. The summed E-state index contributed by atoms with van der Waals surface area (Å²) in [5.74, 6) is 0.463. The SMILES string of the molecule is CCC(N)(CC)c1nc(-c2ccc(F)c(OC)c2)no1. The van der Waals surface area contributed by atoms with Crippen molar-refractivity contribution in [1.29, 1.82) is 0 Å². The molecule has 0 aliphatic heterocycles. The molecule has 0 saturated carbocycles. The highest BCUT2D eigenvalue weighted by molar-refractivity contribution is 5.57. The van der Waals surface area contributed by atoms with Gasteiger partial charge in [0, 0.05) is 5.56 Å². The second kappa shape index (κ2) is 5.58. The normalized spacial score (nSPS) is 11.7. The van der Waals surface area contributed by atoms with Gasteiger partial charge in [0.2, 0.25) is 11.7 Å². The van der Waals surface area contributed by atoms with Crippen molar-refractivity contribution < 1.29 is 13.7 Å². The van der Waals surface area contributed by atoms with Crippen molar-refractivity contribution in [2.75, 3.05) is 7.11 Å². The number of hydrogen-bond acceptors (Lipinski definition) is 5. The molecule has 0 aliphatic rings. The Kier molecular flexibility index (Phi) is 4.04. The number of rotatable bonds is 5. The highest BCUT2D eigenvalue weighted by atomic mass is 19.1. The molecule has 108 valence electrons. The average molecular weight is 279 g/mol. The first-order chi connectivity index (χ1) is 9.54. The van der Waals surface area contributed by atoms with E-state index in [2.05, 4.69) is 10.1 Å². The van der Waals surface area contributed by atoms with E-state index in [0.717, 1.165) is 0 Å². The topological polar surface area (TPSA) is 74.2 Å². The van der Waals surface area contributed by atoms with Crippen molar-refractivity contribution in [2.45, 2.75) is 32.2 Å². The van der Waals surface area contributed by atoms with E-state index in [0.29, 0.717) is 30.1 Å². The van der Waals surface area contributed by atoms with E-state index in [9.17, 15) is 4.39 Å². The Morgan fingerprint density at radius 2 is 2.05 bits per heavy atom. The molecule has 2 N–H and O–H groups in total. The van der Waals surface area contributed by atoms with E-state index in [1.165, 1.54) is 19.2 Å². The van der Waals surface area contributed by atoms with Gasteiger partial charge in [0.15, 0.2) is 11.6 Å². The summed E-state index contributed by atoms with van der Waals surface area (Å²) in [5.41, 5.74) is 6.20. The minimum absolute atomic E-state index is 0.138. The van der Waals surface area contributed by atoms with Gasteiger partial charge in [-0.1, -0.05) is 19.0 Å². The van der Waals surface area contributed by atoms with E-state index in [-0.39, 0.29) is 5.75 Å². The van der Waals surface area contributed by atoms with E-state index in [1.807, 2.05) is 13.8 Å². The molecular formula is C14H18FN3O2. The molecule has 2 aromatic rings. The van der Waals surface area contributed by atoms with Crippen molar-refractivity contribution in [3.05, 3.63) is 29.9 Å². The molecule has 0 amide bonds. The van der Waals surface area contributed by atoms with Gasteiger partial charge in [-0.15, -0.1) is 0 Å². The van der Waals surface area contributed by atoms with E-state index < -0.39 is 11.4 Å². The van der Waals surface area contributed by atoms with Crippen LogP contribution in [0.2, 0.25) is 0 Å². The molecule has 6 heteroatoms. The number of methoxy groups -OCH3 is 1. The van der Waals surface area contributed by atoms with Crippen LogP contribution in [-0.2, 0) is 5.54 Å². The fourth-order valence-electron chi connectivity index (χ4n) is 1.89. The summed E-state index contributed by atoms with van der Waals surface area (Å²) in [6, 6.07) is 4.40. The van der Waals surface area contributed by atoms with Crippen molar-refractivity contribution in [1.82, 2.24) is 10.1 Å². The zero-order chi connectivity index (χ0) is 14.8. The Balaban J connectivity index is 2.38. The van der Waals surface area contributed by atoms with Gasteiger partial charge < -0.3 is 15.0 Å². The zero-order valence-corrected chi connectivity index (χ0v) is 11.8. The van der Waals surface area contributed by atoms with Gasteiger partial charge in [0.05, 0.1) is 12.6 Å².